The van der Waals surface area contributed by atoms with Gasteiger partial charge in [0.05, 0.1) is 11.1 Å². The number of benzene rings is 3. The fourth-order valence-electron chi connectivity index (χ4n) is 3.43. The van der Waals surface area contributed by atoms with Gasteiger partial charge in [-0.15, -0.1) is 0 Å². The van der Waals surface area contributed by atoms with E-state index in [-0.39, 0.29) is 40.1 Å². The van der Waals surface area contributed by atoms with E-state index in [0.717, 1.165) is 18.5 Å². The monoisotopic (exact) mass is 563 g/mol. The van der Waals surface area contributed by atoms with E-state index in [1.807, 2.05) is 0 Å². The second kappa shape index (κ2) is 10.8. The minimum absolute atomic E-state index is 0.00848. The molecule has 4 rings (SSSR count). The maximum Gasteiger partial charge on any atom is 0.227 e. The molecule has 0 unspecified atom stereocenters. The molecule has 0 atom stereocenters. The van der Waals surface area contributed by atoms with Crippen LogP contribution in [0.15, 0.2) is 77.8 Å². The number of hydrogen-bond acceptors (Lipinski definition) is 8. The maximum atomic E-state index is 14.9. The SMILES string of the molecule is CS(=O)(=O)CS(=O)(=O)c1cccc(Nc2ncc(F)c(-c3ccc(OCc4cccc(F)c4)cc3F)n2)c1. The first-order valence-corrected chi connectivity index (χ1v) is 14.6. The minimum Gasteiger partial charge on any atom is -0.489 e. The van der Waals surface area contributed by atoms with Crippen molar-refractivity contribution in [2.24, 2.45) is 0 Å². The molecular weight excluding hydrogens is 543 g/mol. The van der Waals surface area contributed by atoms with Crippen molar-refractivity contribution >= 4 is 31.3 Å². The van der Waals surface area contributed by atoms with Crippen LogP contribution in [0.2, 0.25) is 0 Å². The number of nitrogens with one attached hydrogen (secondary N) is 1. The van der Waals surface area contributed by atoms with Gasteiger partial charge in [-0.05, 0) is 48.0 Å². The molecule has 0 saturated carbocycles. The van der Waals surface area contributed by atoms with Crippen molar-refractivity contribution in [2.75, 3.05) is 16.7 Å². The summed E-state index contributed by atoms with van der Waals surface area (Å²) in [6, 6.07) is 14.7. The summed E-state index contributed by atoms with van der Waals surface area (Å²) in [5.41, 5.74) is 0.173. The van der Waals surface area contributed by atoms with Gasteiger partial charge in [-0.3, -0.25) is 0 Å². The van der Waals surface area contributed by atoms with E-state index in [1.165, 1.54) is 54.6 Å². The van der Waals surface area contributed by atoms with Crippen LogP contribution in [-0.4, -0.2) is 38.1 Å². The van der Waals surface area contributed by atoms with E-state index in [9.17, 15) is 30.0 Å². The smallest absolute Gasteiger partial charge is 0.227 e. The Balaban J connectivity index is 1.55. The topological polar surface area (TPSA) is 115 Å². The van der Waals surface area contributed by atoms with Gasteiger partial charge >= 0.3 is 0 Å². The third-order valence-corrected chi connectivity index (χ3v) is 8.98. The second-order valence-electron chi connectivity index (χ2n) is 8.26. The fourth-order valence-corrected chi connectivity index (χ4v) is 6.82. The van der Waals surface area contributed by atoms with Crippen LogP contribution in [0, 0.1) is 17.5 Å². The number of sulfone groups is 2. The normalized spacial score (nSPS) is 11.8. The number of anilines is 2. The largest absolute Gasteiger partial charge is 0.489 e. The molecule has 4 aromatic rings. The minimum atomic E-state index is -4.13. The highest BCUT2D eigenvalue weighted by molar-refractivity contribution is 8.07. The van der Waals surface area contributed by atoms with Gasteiger partial charge < -0.3 is 10.1 Å². The molecule has 3 aromatic carbocycles. The molecule has 1 N–H and O–H groups in total. The summed E-state index contributed by atoms with van der Waals surface area (Å²) in [4.78, 5) is 7.57. The number of rotatable bonds is 9. The predicted molar refractivity (Wildman–Crippen MR) is 135 cm³/mol. The average molecular weight is 564 g/mol. The number of aromatic nitrogens is 2. The lowest BCUT2D eigenvalue weighted by Gasteiger charge is -2.11. The third kappa shape index (κ3) is 6.86. The molecule has 0 aliphatic heterocycles. The molecule has 1 aromatic heterocycles. The molecule has 0 fully saturated rings. The van der Waals surface area contributed by atoms with Crippen LogP contribution in [0.4, 0.5) is 24.8 Å². The Morgan fingerprint density at radius 1 is 0.895 bits per heavy atom. The summed E-state index contributed by atoms with van der Waals surface area (Å²) >= 11 is 0. The molecule has 1 heterocycles. The highest BCUT2D eigenvalue weighted by Gasteiger charge is 2.21. The molecule has 13 heteroatoms. The van der Waals surface area contributed by atoms with Crippen molar-refractivity contribution in [1.29, 1.82) is 0 Å². The number of halogens is 3. The zero-order chi connectivity index (χ0) is 27.5. The zero-order valence-corrected chi connectivity index (χ0v) is 21.4. The Morgan fingerprint density at radius 3 is 2.37 bits per heavy atom. The summed E-state index contributed by atoms with van der Waals surface area (Å²) in [5, 5.41) is 1.64. The molecular formula is C25H20F3N3O5S2. The van der Waals surface area contributed by atoms with E-state index in [1.54, 1.807) is 6.07 Å². The van der Waals surface area contributed by atoms with E-state index >= 15 is 0 Å². The van der Waals surface area contributed by atoms with Gasteiger partial charge in [0.2, 0.25) is 5.95 Å². The molecule has 0 aliphatic carbocycles. The Morgan fingerprint density at radius 2 is 1.66 bits per heavy atom. The number of ether oxygens (including phenoxy) is 1. The summed E-state index contributed by atoms with van der Waals surface area (Å²) in [5.74, 6) is -2.20. The summed E-state index contributed by atoms with van der Waals surface area (Å²) in [7, 11) is -7.94. The molecule has 0 saturated heterocycles. The third-order valence-electron chi connectivity index (χ3n) is 5.05. The molecule has 0 amide bonds. The molecule has 8 nitrogen and oxygen atoms in total. The van der Waals surface area contributed by atoms with Crippen LogP contribution < -0.4 is 10.1 Å². The lowest BCUT2D eigenvalue weighted by molar-refractivity contribution is 0.304. The highest BCUT2D eigenvalue weighted by Crippen LogP contribution is 2.29. The zero-order valence-electron chi connectivity index (χ0n) is 19.7. The summed E-state index contributed by atoms with van der Waals surface area (Å²) < 4.78 is 95.9. The van der Waals surface area contributed by atoms with Crippen molar-refractivity contribution in [2.45, 2.75) is 11.5 Å². The van der Waals surface area contributed by atoms with Crippen molar-refractivity contribution in [3.63, 3.8) is 0 Å². The molecule has 38 heavy (non-hydrogen) atoms. The van der Waals surface area contributed by atoms with Crippen LogP contribution >= 0.6 is 0 Å². The van der Waals surface area contributed by atoms with Gasteiger partial charge in [-0.2, -0.15) is 0 Å². The second-order valence-corrected chi connectivity index (χ2v) is 12.8. The van der Waals surface area contributed by atoms with Crippen LogP contribution in [0.25, 0.3) is 11.3 Å². The van der Waals surface area contributed by atoms with Gasteiger partial charge in [0.15, 0.2) is 30.6 Å². The van der Waals surface area contributed by atoms with Crippen molar-refractivity contribution < 1.29 is 34.7 Å². The Kier molecular flexibility index (Phi) is 7.69. The lowest BCUT2D eigenvalue weighted by Crippen LogP contribution is -2.15. The summed E-state index contributed by atoms with van der Waals surface area (Å²) in [6.45, 7) is -0.00848. The number of nitrogens with zero attached hydrogens (tertiary/aromatic N) is 2. The van der Waals surface area contributed by atoms with Crippen LogP contribution in [-0.2, 0) is 26.3 Å². The van der Waals surface area contributed by atoms with Crippen LogP contribution in [0.5, 0.6) is 5.75 Å². The Labute approximate surface area is 217 Å². The molecule has 0 spiro atoms. The maximum absolute atomic E-state index is 14.9. The Hall–Kier alpha value is -3.97. The molecule has 198 valence electrons. The van der Waals surface area contributed by atoms with E-state index < -0.39 is 42.2 Å². The lowest BCUT2D eigenvalue weighted by atomic mass is 10.1. The van der Waals surface area contributed by atoms with E-state index in [4.69, 9.17) is 4.74 Å². The van der Waals surface area contributed by atoms with E-state index in [0.29, 0.717) is 5.56 Å². The predicted octanol–water partition coefficient (Wildman–Crippen LogP) is 4.66. The van der Waals surface area contributed by atoms with Gasteiger partial charge in [0, 0.05) is 23.6 Å². The molecule has 0 aliphatic rings. The Bertz CT molecular complexity index is 1720. The fraction of sp³-hybridized carbons (Fsp3) is 0.120. The van der Waals surface area contributed by atoms with Gasteiger partial charge in [0.1, 0.15) is 29.7 Å². The van der Waals surface area contributed by atoms with Gasteiger partial charge in [0.25, 0.3) is 0 Å². The molecule has 0 radical (unpaired) electrons. The first-order chi connectivity index (χ1) is 17.9. The molecule has 0 bridgehead atoms. The first-order valence-electron chi connectivity index (χ1n) is 10.9. The highest BCUT2D eigenvalue weighted by atomic mass is 32.3. The standard InChI is InChI=1S/C25H20F3N3O5S2/c1-37(32,33)15-38(34,35)20-7-3-6-18(11-20)30-25-29-13-23(28)24(31-25)21-9-8-19(12-22(21)27)36-14-16-4-2-5-17(26)10-16/h2-13H,14-15H2,1H3,(H,29,30,31). The quantitative estimate of drug-likeness (QED) is 0.313. The number of hydrogen-bond donors (Lipinski definition) is 1. The van der Waals surface area contributed by atoms with Crippen molar-refractivity contribution in [1.82, 2.24) is 9.97 Å². The van der Waals surface area contributed by atoms with E-state index in [2.05, 4.69) is 15.3 Å². The van der Waals surface area contributed by atoms with Crippen LogP contribution in [0.3, 0.4) is 0 Å². The van der Waals surface area contributed by atoms with Crippen molar-refractivity contribution in [3.05, 3.63) is 95.9 Å². The average Bonchev–Trinajstić information content (AvgIpc) is 2.83. The van der Waals surface area contributed by atoms with Gasteiger partial charge in [-0.25, -0.2) is 40.0 Å². The summed E-state index contributed by atoms with van der Waals surface area (Å²) in [6.07, 6.45) is 1.63. The first kappa shape index (κ1) is 27.1. The van der Waals surface area contributed by atoms with Crippen LogP contribution in [0.1, 0.15) is 5.56 Å². The van der Waals surface area contributed by atoms with Gasteiger partial charge in [-0.1, -0.05) is 18.2 Å². The van der Waals surface area contributed by atoms with Crippen molar-refractivity contribution in [3.8, 4) is 17.0 Å².